The van der Waals surface area contributed by atoms with Crippen LogP contribution in [-0.2, 0) is 13.0 Å². The maximum atomic E-state index is 12.4. The first-order valence-corrected chi connectivity index (χ1v) is 6.83. The number of nitrogens with zero attached hydrogens (tertiary/aromatic N) is 2. The lowest BCUT2D eigenvalue weighted by molar-refractivity contribution is 0.102. The molecule has 1 heterocycles. The summed E-state index contributed by atoms with van der Waals surface area (Å²) in [6, 6.07) is 9.75. The third-order valence-electron chi connectivity index (χ3n) is 3.19. The Balaban J connectivity index is 2.28. The van der Waals surface area contributed by atoms with Gasteiger partial charge >= 0.3 is 0 Å². The van der Waals surface area contributed by atoms with E-state index in [1.807, 2.05) is 44.2 Å². The molecule has 0 saturated heterocycles. The summed E-state index contributed by atoms with van der Waals surface area (Å²) in [4.78, 5) is 12.4. The predicted molar refractivity (Wildman–Crippen MR) is 76.5 cm³/mol. The van der Waals surface area contributed by atoms with Crippen LogP contribution in [0.3, 0.4) is 0 Å². The second-order valence-electron chi connectivity index (χ2n) is 4.76. The molecule has 3 heteroatoms. The molecular weight excluding hydrogens is 236 g/mol. The van der Waals surface area contributed by atoms with Crippen molar-refractivity contribution in [2.75, 3.05) is 0 Å². The molecule has 19 heavy (non-hydrogen) atoms. The lowest BCUT2D eigenvalue weighted by Crippen LogP contribution is -2.10. The van der Waals surface area contributed by atoms with Gasteiger partial charge in [-0.15, -0.1) is 0 Å². The first-order chi connectivity index (χ1) is 9.15. The molecule has 3 nitrogen and oxygen atoms in total. The van der Waals surface area contributed by atoms with E-state index in [0.717, 1.165) is 24.1 Å². The van der Waals surface area contributed by atoms with E-state index in [9.17, 15) is 4.79 Å². The molecule has 0 spiro atoms. The third kappa shape index (κ3) is 2.92. The number of aromatic nitrogens is 2. The zero-order valence-corrected chi connectivity index (χ0v) is 11.8. The van der Waals surface area contributed by atoms with Crippen LogP contribution in [0.15, 0.2) is 30.3 Å². The Morgan fingerprint density at radius 1 is 1.21 bits per heavy atom. The van der Waals surface area contributed by atoms with Gasteiger partial charge in [0.25, 0.3) is 0 Å². The van der Waals surface area contributed by atoms with E-state index in [-0.39, 0.29) is 5.78 Å². The van der Waals surface area contributed by atoms with Gasteiger partial charge in [0.2, 0.25) is 5.78 Å². The summed E-state index contributed by atoms with van der Waals surface area (Å²) in [6.45, 7) is 6.77. The highest BCUT2D eigenvalue weighted by Gasteiger charge is 2.14. The maximum Gasteiger partial charge on any atom is 0.211 e. The highest BCUT2D eigenvalue weighted by molar-refractivity contribution is 6.07. The second-order valence-corrected chi connectivity index (χ2v) is 4.76. The first-order valence-electron chi connectivity index (χ1n) is 6.83. The molecule has 0 atom stereocenters. The Labute approximate surface area is 114 Å². The van der Waals surface area contributed by atoms with Crippen LogP contribution in [-0.4, -0.2) is 15.6 Å². The predicted octanol–water partition coefficient (Wildman–Crippen LogP) is 3.39. The summed E-state index contributed by atoms with van der Waals surface area (Å²) in [5, 5.41) is 4.32. The molecule has 0 radical (unpaired) electrons. The lowest BCUT2D eigenvalue weighted by atomic mass is 10.0. The molecule has 100 valence electrons. The largest absolute Gasteiger partial charge is 0.287 e. The Morgan fingerprint density at radius 2 is 1.89 bits per heavy atom. The summed E-state index contributed by atoms with van der Waals surface area (Å²) in [6.07, 6.45) is 2.18. The van der Waals surface area contributed by atoms with Crippen molar-refractivity contribution in [3.63, 3.8) is 0 Å². The number of aryl methyl sites for hydroxylation is 3. The van der Waals surface area contributed by atoms with Crippen LogP contribution in [0.4, 0.5) is 0 Å². The van der Waals surface area contributed by atoms with E-state index in [1.165, 1.54) is 5.56 Å². The minimum atomic E-state index is 0.0468. The van der Waals surface area contributed by atoms with Crippen LogP contribution in [0.1, 0.15) is 47.6 Å². The fourth-order valence-electron chi connectivity index (χ4n) is 2.23. The van der Waals surface area contributed by atoms with Gasteiger partial charge in [-0.05, 0) is 31.9 Å². The average molecular weight is 256 g/mol. The number of rotatable bonds is 5. The molecule has 2 aromatic rings. The average Bonchev–Trinajstić information content (AvgIpc) is 2.80. The van der Waals surface area contributed by atoms with E-state index in [4.69, 9.17) is 0 Å². The van der Waals surface area contributed by atoms with Crippen molar-refractivity contribution >= 4 is 5.78 Å². The molecule has 0 unspecified atom stereocenters. The molecule has 0 aliphatic carbocycles. The molecule has 0 amide bonds. The molecule has 2 rings (SSSR count). The molecule has 0 aliphatic heterocycles. The quantitative estimate of drug-likeness (QED) is 0.768. The van der Waals surface area contributed by atoms with E-state index in [0.29, 0.717) is 12.2 Å². The number of hydrogen-bond donors (Lipinski definition) is 0. The zero-order chi connectivity index (χ0) is 13.8. The number of hydrogen-bond acceptors (Lipinski definition) is 2. The number of carbonyl (C=O) groups is 1. The van der Waals surface area contributed by atoms with Gasteiger partial charge in [0, 0.05) is 12.1 Å². The van der Waals surface area contributed by atoms with E-state index in [2.05, 4.69) is 12.0 Å². The second kappa shape index (κ2) is 5.83. The van der Waals surface area contributed by atoms with Gasteiger partial charge in [-0.2, -0.15) is 5.10 Å². The third-order valence-corrected chi connectivity index (χ3v) is 3.19. The van der Waals surface area contributed by atoms with Gasteiger partial charge in [-0.1, -0.05) is 37.6 Å². The van der Waals surface area contributed by atoms with E-state index >= 15 is 0 Å². The smallest absolute Gasteiger partial charge is 0.211 e. The van der Waals surface area contributed by atoms with Crippen molar-refractivity contribution in [1.29, 1.82) is 0 Å². The molecule has 0 N–H and O–H groups in total. The van der Waals surface area contributed by atoms with Crippen molar-refractivity contribution < 1.29 is 4.79 Å². The molecule has 0 saturated carbocycles. The fourth-order valence-corrected chi connectivity index (χ4v) is 2.23. The number of ketones is 1. The van der Waals surface area contributed by atoms with Gasteiger partial charge in [0.1, 0.15) is 5.69 Å². The Bertz CT molecular complexity index is 567. The van der Waals surface area contributed by atoms with Gasteiger partial charge in [0.15, 0.2) is 0 Å². The number of benzene rings is 1. The molecular formula is C16H20N2O. The topological polar surface area (TPSA) is 34.9 Å². The summed E-state index contributed by atoms with van der Waals surface area (Å²) in [5.41, 5.74) is 3.56. The van der Waals surface area contributed by atoms with Crippen LogP contribution in [0.5, 0.6) is 0 Å². The van der Waals surface area contributed by atoms with Crippen molar-refractivity contribution in [2.24, 2.45) is 0 Å². The van der Waals surface area contributed by atoms with Crippen molar-refractivity contribution in [3.8, 4) is 0 Å². The van der Waals surface area contributed by atoms with Gasteiger partial charge in [-0.3, -0.25) is 9.48 Å². The highest BCUT2D eigenvalue weighted by Crippen LogP contribution is 2.13. The zero-order valence-electron chi connectivity index (χ0n) is 11.8. The van der Waals surface area contributed by atoms with Crippen molar-refractivity contribution in [1.82, 2.24) is 9.78 Å². The minimum Gasteiger partial charge on any atom is -0.287 e. The van der Waals surface area contributed by atoms with E-state index < -0.39 is 0 Å². The first kappa shape index (κ1) is 13.5. The van der Waals surface area contributed by atoms with Crippen LogP contribution in [0.2, 0.25) is 0 Å². The summed E-state index contributed by atoms with van der Waals surface area (Å²) in [5.74, 6) is 0.0468. The van der Waals surface area contributed by atoms with Crippen LogP contribution >= 0.6 is 0 Å². The van der Waals surface area contributed by atoms with Crippen LogP contribution in [0, 0.1) is 6.92 Å². The molecule has 1 aromatic carbocycles. The maximum absolute atomic E-state index is 12.4. The highest BCUT2D eigenvalue weighted by atomic mass is 16.1. The summed E-state index contributed by atoms with van der Waals surface area (Å²) in [7, 11) is 0. The van der Waals surface area contributed by atoms with Gasteiger partial charge < -0.3 is 0 Å². The van der Waals surface area contributed by atoms with Crippen molar-refractivity contribution in [2.45, 2.75) is 40.2 Å². The number of carbonyl (C=O) groups excluding carboxylic acids is 1. The minimum absolute atomic E-state index is 0.0468. The van der Waals surface area contributed by atoms with Crippen LogP contribution < -0.4 is 0 Å². The Morgan fingerprint density at radius 3 is 2.47 bits per heavy atom. The van der Waals surface area contributed by atoms with Gasteiger partial charge in [-0.25, -0.2) is 0 Å². The Kier molecular flexibility index (Phi) is 4.15. The normalized spacial score (nSPS) is 10.7. The van der Waals surface area contributed by atoms with E-state index in [1.54, 1.807) is 4.68 Å². The van der Waals surface area contributed by atoms with Crippen LogP contribution in [0.25, 0.3) is 0 Å². The fraction of sp³-hybridized carbons (Fsp3) is 0.375. The molecule has 1 aromatic heterocycles. The standard InChI is InChI=1S/C16H20N2O/c1-4-6-13-7-9-14(10-8-13)16(19)15-11-12(3)17-18(15)5-2/h7-11H,4-6H2,1-3H3. The lowest BCUT2D eigenvalue weighted by Gasteiger charge is -2.05. The molecule has 0 aliphatic rings. The monoisotopic (exact) mass is 256 g/mol. The van der Waals surface area contributed by atoms with Crippen molar-refractivity contribution in [3.05, 3.63) is 52.8 Å². The summed E-state index contributed by atoms with van der Waals surface area (Å²) >= 11 is 0. The SMILES string of the molecule is CCCc1ccc(C(=O)c2cc(C)nn2CC)cc1. The summed E-state index contributed by atoms with van der Waals surface area (Å²) < 4.78 is 1.76. The van der Waals surface area contributed by atoms with Gasteiger partial charge in [0.05, 0.1) is 5.69 Å². The molecule has 0 bridgehead atoms. The Hall–Kier alpha value is -1.90. The molecule has 0 fully saturated rings.